The van der Waals surface area contributed by atoms with E-state index >= 15 is 0 Å². The largest absolute Gasteiger partial charge is 0.467 e. The maximum Gasteiger partial charge on any atom is 0.254 e. The molecule has 1 unspecified atom stereocenters. The van der Waals surface area contributed by atoms with Crippen LogP contribution in [0.3, 0.4) is 0 Å². The van der Waals surface area contributed by atoms with E-state index in [1.807, 2.05) is 6.08 Å². The number of furan rings is 1. The molecule has 1 amide bonds. The van der Waals surface area contributed by atoms with Gasteiger partial charge in [0.25, 0.3) is 5.91 Å². The minimum Gasteiger partial charge on any atom is -0.467 e. The predicted molar refractivity (Wildman–Crippen MR) is 106 cm³/mol. The van der Waals surface area contributed by atoms with Crippen LogP contribution in [0.4, 0.5) is 0 Å². The molecule has 0 spiro atoms. The van der Waals surface area contributed by atoms with E-state index < -0.39 is 10.0 Å². The fraction of sp³-hybridized carbons (Fsp3) is 0.632. The molecule has 0 aliphatic carbocycles. The number of hydrogen-bond acceptors (Lipinski definition) is 5. The van der Waals surface area contributed by atoms with Gasteiger partial charge >= 0.3 is 0 Å². The van der Waals surface area contributed by atoms with Crippen molar-refractivity contribution in [3.05, 3.63) is 35.3 Å². The Hall–Kier alpha value is -1.64. The Labute approximate surface area is 162 Å². The summed E-state index contributed by atoms with van der Waals surface area (Å²) in [5, 5.41) is 2.49. The Bertz CT molecular complexity index is 737. The summed E-state index contributed by atoms with van der Waals surface area (Å²) >= 11 is 0. The molecule has 1 rings (SSSR count). The lowest BCUT2D eigenvalue weighted by atomic mass is 10.0. The van der Waals surface area contributed by atoms with E-state index in [-0.39, 0.29) is 24.3 Å². The Kier molecular flexibility index (Phi) is 9.21. The number of methoxy groups -OCH3 is 1. The van der Waals surface area contributed by atoms with Gasteiger partial charge in [0.2, 0.25) is 10.0 Å². The van der Waals surface area contributed by atoms with Crippen molar-refractivity contribution in [1.29, 1.82) is 0 Å². The third kappa shape index (κ3) is 7.86. The number of carbonyl (C=O) groups excluding carboxylic acids is 1. The minimum absolute atomic E-state index is 0.0632. The number of ether oxygens (including phenoxy) is 1. The molecule has 1 N–H and O–H groups in total. The van der Waals surface area contributed by atoms with Crippen molar-refractivity contribution in [2.75, 3.05) is 27.0 Å². The second kappa shape index (κ2) is 10.6. The lowest BCUT2D eigenvalue weighted by Crippen LogP contribution is -2.29. The smallest absolute Gasteiger partial charge is 0.254 e. The molecule has 1 aromatic heterocycles. The van der Waals surface area contributed by atoms with Gasteiger partial charge in [-0.25, -0.2) is 8.42 Å². The summed E-state index contributed by atoms with van der Waals surface area (Å²) in [4.78, 5) is 11.6. The van der Waals surface area contributed by atoms with Crippen molar-refractivity contribution in [2.45, 2.75) is 46.3 Å². The van der Waals surface area contributed by atoms with Gasteiger partial charge in [-0.15, -0.1) is 0 Å². The summed E-state index contributed by atoms with van der Waals surface area (Å²) in [7, 11) is 1.15. The number of hydrogen-bond donors (Lipinski definition) is 1. The first kappa shape index (κ1) is 23.4. The van der Waals surface area contributed by atoms with Crippen LogP contribution in [0.15, 0.2) is 28.4 Å². The highest BCUT2D eigenvalue weighted by Gasteiger charge is 2.21. The molecule has 8 heteroatoms. The van der Waals surface area contributed by atoms with Gasteiger partial charge in [-0.1, -0.05) is 25.5 Å². The molecular formula is C19H32N2O5S. The van der Waals surface area contributed by atoms with Crippen LogP contribution < -0.4 is 5.32 Å². The molecule has 1 heterocycles. The molecule has 1 atom stereocenters. The number of nitrogens with zero attached hydrogens (tertiary/aromatic N) is 1. The highest BCUT2D eigenvalue weighted by molar-refractivity contribution is 7.89. The molecule has 0 saturated heterocycles. The summed E-state index contributed by atoms with van der Waals surface area (Å²) in [6.07, 6.45) is 4.98. The van der Waals surface area contributed by atoms with Crippen molar-refractivity contribution in [3.8, 4) is 0 Å². The molecule has 0 aliphatic heterocycles. The number of sulfonamides is 1. The number of amides is 1. The van der Waals surface area contributed by atoms with E-state index in [4.69, 9.17) is 9.15 Å². The van der Waals surface area contributed by atoms with Crippen LogP contribution in [0.2, 0.25) is 0 Å². The quantitative estimate of drug-likeness (QED) is 0.577. The predicted octanol–water partition coefficient (Wildman–Crippen LogP) is 2.80. The topological polar surface area (TPSA) is 88.9 Å². The second-order valence-corrected chi connectivity index (χ2v) is 9.23. The SMILES string of the molecule is CNC(=O)c1coc(CN(C)S(=O)(=O)CC(C)=CC(CCC(C)C)OC)c1. The van der Waals surface area contributed by atoms with Gasteiger partial charge in [0.15, 0.2) is 0 Å². The average Bonchev–Trinajstić information content (AvgIpc) is 3.05. The summed E-state index contributed by atoms with van der Waals surface area (Å²) in [5.41, 5.74) is 1.10. The van der Waals surface area contributed by atoms with E-state index in [0.29, 0.717) is 17.2 Å². The van der Waals surface area contributed by atoms with Crippen molar-refractivity contribution in [1.82, 2.24) is 9.62 Å². The zero-order valence-electron chi connectivity index (χ0n) is 17.1. The molecule has 0 aliphatic rings. The zero-order valence-corrected chi connectivity index (χ0v) is 17.9. The van der Waals surface area contributed by atoms with Gasteiger partial charge in [0.05, 0.1) is 24.0 Å². The number of rotatable bonds is 11. The van der Waals surface area contributed by atoms with Crippen LogP contribution in [-0.2, 0) is 21.3 Å². The molecule has 0 saturated carbocycles. The summed E-state index contributed by atoms with van der Waals surface area (Å²) in [5.74, 6) is 0.613. The molecule has 0 radical (unpaired) electrons. The van der Waals surface area contributed by atoms with Crippen LogP contribution in [-0.4, -0.2) is 51.7 Å². The molecule has 27 heavy (non-hydrogen) atoms. The van der Waals surface area contributed by atoms with E-state index in [2.05, 4.69) is 19.2 Å². The summed E-state index contributed by atoms with van der Waals surface area (Å²) in [6, 6.07) is 1.54. The fourth-order valence-electron chi connectivity index (χ4n) is 2.57. The van der Waals surface area contributed by atoms with Gasteiger partial charge in [0.1, 0.15) is 12.0 Å². The van der Waals surface area contributed by atoms with Crippen LogP contribution in [0.25, 0.3) is 0 Å². The normalized spacial score (nSPS) is 14.0. The summed E-state index contributed by atoms with van der Waals surface area (Å²) < 4.78 is 37.2. The van der Waals surface area contributed by atoms with Crippen molar-refractivity contribution in [2.24, 2.45) is 5.92 Å². The second-order valence-electron chi connectivity index (χ2n) is 7.15. The van der Waals surface area contributed by atoms with Crippen molar-refractivity contribution in [3.63, 3.8) is 0 Å². The lowest BCUT2D eigenvalue weighted by molar-refractivity contribution is 0.0962. The molecular weight excluding hydrogens is 368 g/mol. The van der Waals surface area contributed by atoms with E-state index in [1.165, 1.54) is 24.7 Å². The van der Waals surface area contributed by atoms with Crippen LogP contribution >= 0.6 is 0 Å². The van der Waals surface area contributed by atoms with Gasteiger partial charge in [-0.05, 0) is 31.7 Å². The average molecular weight is 401 g/mol. The Morgan fingerprint density at radius 3 is 2.59 bits per heavy atom. The first-order valence-corrected chi connectivity index (χ1v) is 10.6. The molecule has 154 valence electrons. The Balaban J connectivity index is 2.73. The fourth-order valence-corrected chi connectivity index (χ4v) is 3.79. The molecule has 0 aromatic carbocycles. The third-order valence-electron chi connectivity index (χ3n) is 4.21. The van der Waals surface area contributed by atoms with Gasteiger partial charge in [-0.2, -0.15) is 4.31 Å². The molecule has 0 bridgehead atoms. The van der Waals surface area contributed by atoms with Crippen LogP contribution in [0, 0.1) is 5.92 Å². The highest BCUT2D eigenvalue weighted by atomic mass is 32.2. The molecule has 0 fully saturated rings. The maximum absolute atomic E-state index is 12.6. The Morgan fingerprint density at radius 1 is 1.37 bits per heavy atom. The van der Waals surface area contributed by atoms with Crippen molar-refractivity contribution < 1.29 is 22.4 Å². The minimum atomic E-state index is -3.51. The molecule has 7 nitrogen and oxygen atoms in total. The zero-order chi connectivity index (χ0) is 20.6. The van der Waals surface area contributed by atoms with Gasteiger partial charge in [0, 0.05) is 21.2 Å². The standard InChI is InChI=1S/C19H32N2O5S/c1-14(2)7-8-17(25-6)9-15(3)13-27(23,24)21(5)11-18-10-16(12-26-18)19(22)20-4/h9-10,12,14,17H,7-8,11,13H2,1-6H3,(H,20,22). The van der Waals surface area contributed by atoms with Crippen LogP contribution in [0.5, 0.6) is 0 Å². The number of carbonyl (C=O) groups is 1. The first-order valence-electron chi connectivity index (χ1n) is 9.02. The summed E-state index contributed by atoms with van der Waals surface area (Å²) in [6.45, 7) is 6.15. The highest BCUT2D eigenvalue weighted by Crippen LogP contribution is 2.16. The number of nitrogens with one attached hydrogen (secondary N) is 1. The van der Waals surface area contributed by atoms with Crippen LogP contribution in [0.1, 0.15) is 49.7 Å². The van der Waals surface area contributed by atoms with E-state index in [1.54, 1.807) is 20.1 Å². The van der Waals surface area contributed by atoms with E-state index in [0.717, 1.165) is 18.4 Å². The molecule has 1 aromatic rings. The van der Waals surface area contributed by atoms with Gasteiger partial charge in [-0.3, -0.25) is 4.79 Å². The first-order chi connectivity index (χ1) is 12.6. The third-order valence-corrected chi connectivity index (χ3v) is 6.11. The lowest BCUT2D eigenvalue weighted by Gasteiger charge is -2.18. The van der Waals surface area contributed by atoms with Gasteiger partial charge < -0.3 is 14.5 Å². The Morgan fingerprint density at radius 2 is 2.04 bits per heavy atom. The van der Waals surface area contributed by atoms with E-state index in [9.17, 15) is 13.2 Å². The maximum atomic E-state index is 12.6. The van der Waals surface area contributed by atoms with Crippen molar-refractivity contribution >= 4 is 15.9 Å². The monoisotopic (exact) mass is 400 g/mol.